The Balaban J connectivity index is 2.25. The topological polar surface area (TPSA) is 32.8 Å². The van der Waals surface area contributed by atoms with Crippen LogP contribution in [-0.2, 0) is 4.74 Å². The van der Waals surface area contributed by atoms with Gasteiger partial charge in [0.25, 0.3) is 0 Å². The lowest BCUT2D eigenvalue weighted by Gasteiger charge is -2.52. The van der Waals surface area contributed by atoms with Gasteiger partial charge in [-0.2, -0.15) is 0 Å². The first-order valence-electron chi connectivity index (χ1n) is 8.50. The summed E-state index contributed by atoms with van der Waals surface area (Å²) in [4.78, 5) is 17.2. The molecule has 3 unspecified atom stereocenters. The lowest BCUT2D eigenvalue weighted by Crippen LogP contribution is -2.64. The number of piperazine rings is 1. The smallest absolute Gasteiger partial charge is 0.410 e. The third-order valence-electron chi connectivity index (χ3n) is 4.67. The minimum Gasteiger partial charge on any atom is -0.444 e. The molecule has 2 aliphatic heterocycles. The first kappa shape index (κ1) is 17.6. The van der Waals surface area contributed by atoms with Gasteiger partial charge in [0, 0.05) is 24.2 Å². The predicted octanol–water partition coefficient (Wildman–Crippen LogP) is 3.89. The largest absolute Gasteiger partial charge is 0.444 e. The van der Waals surface area contributed by atoms with Crippen LogP contribution < -0.4 is 0 Å². The van der Waals surface area contributed by atoms with Crippen LogP contribution in [0.25, 0.3) is 0 Å². The summed E-state index contributed by atoms with van der Waals surface area (Å²) in [6.45, 7) is 20.3. The molecule has 4 nitrogen and oxygen atoms in total. The molecule has 0 spiro atoms. The first-order chi connectivity index (χ1) is 9.72. The molecule has 0 radical (unpaired) electrons. The normalized spacial score (nSPS) is 30.0. The molecule has 0 saturated carbocycles. The summed E-state index contributed by atoms with van der Waals surface area (Å²) < 4.78 is 5.62. The SMILES string of the molecule is CC(C)(C)OC(=O)N1CC2CC1C(C(C)(C)C)N2C(C)(C)C. The molecule has 22 heavy (non-hydrogen) atoms. The Hall–Kier alpha value is -0.770. The Morgan fingerprint density at radius 2 is 1.55 bits per heavy atom. The molecule has 2 bridgehead atoms. The Morgan fingerprint density at radius 3 is 1.95 bits per heavy atom. The average Bonchev–Trinajstić information content (AvgIpc) is 2.80. The number of hydrogen-bond acceptors (Lipinski definition) is 3. The van der Waals surface area contributed by atoms with Crippen molar-refractivity contribution in [3.05, 3.63) is 0 Å². The van der Waals surface area contributed by atoms with Gasteiger partial charge < -0.3 is 9.64 Å². The van der Waals surface area contributed by atoms with E-state index in [1.165, 1.54) is 0 Å². The number of hydrogen-bond donors (Lipinski definition) is 0. The summed E-state index contributed by atoms with van der Waals surface area (Å²) in [5.74, 6) is 0. The second-order valence-corrected chi connectivity index (χ2v) is 9.98. The number of likely N-dealkylation sites (tertiary alicyclic amines) is 2. The van der Waals surface area contributed by atoms with Gasteiger partial charge in [-0.15, -0.1) is 0 Å². The summed E-state index contributed by atoms with van der Waals surface area (Å²) in [5, 5.41) is 0. The number of fused-ring (bicyclic) bond motifs is 2. The molecule has 0 aromatic rings. The van der Waals surface area contributed by atoms with Crippen molar-refractivity contribution in [3.8, 4) is 0 Å². The molecular weight excluding hydrogens is 276 g/mol. The number of amides is 1. The van der Waals surface area contributed by atoms with Crippen LogP contribution in [0.2, 0.25) is 0 Å². The third-order valence-corrected chi connectivity index (χ3v) is 4.67. The molecule has 1 amide bonds. The van der Waals surface area contributed by atoms with Gasteiger partial charge in [0.1, 0.15) is 5.60 Å². The van der Waals surface area contributed by atoms with Crippen LogP contribution in [0.5, 0.6) is 0 Å². The number of carbonyl (C=O) groups excluding carboxylic acids is 1. The van der Waals surface area contributed by atoms with E-state index in [-0.39, 0.29) is 23.1 Å². The number of rotatable bonds is 0. The van der Waals surface area contributed by atoms with Crippen molar-refractivity contribution in [1.82, 2.24) is 9.80 Å². The molecule has 4 heteroatoms. The fourth-order valence-electron chi connectivity index (χ4n) is 4.25. The van der Waals surface area contributed by atoms with Gasteiger partial charge in [-0.1, -0.05) is 20.8 Å². The molecule has 128 valence electrons. The molecule has 0 aromatic carbocycles. The highest BCUT2D eigenvalue weighted by Gasteiger charge is 2.58. The van der Waals surface area contributed by atoms with Crippen molar-refractivity contribution in [1.29, 1.82) is 0 Å². The van der Waals surface area contributed by atoms with E-state index >= 15 is 0 Å². The second kappa shape index (κ2) is 5.12. The third kappa shape index (κ3) is 3.27. The lowest BCUT2D eigenvalue weighted by atomic mass is 9.80. The van der Waals surface area contributed by atoms with Crippen LogP contribution in [0.3, 0.4) is 0 Å². The van der Waals surface area contributed by atoms with E-state index in [0.717, 1.165) is 13.0 Å². The molecule has 2 heterocycles. The van der Waals surface area contributed by atoms with Crippen molar-refractivity contribution in [2.75, 3.05) is 6.54 Å². The molecule has 0 N–H and O–H groups in total. The highest BCUT2D eigenvalue weighted by molar-refractivity contribution is 5.69. The van der Waals surface area contributed by atoms with Gasteiger partial charge in [0.05, 0.1) is 6.04 Å². The predicted molar refractivity (Wildman–Crippen MR) is 90.0 cm³/mol. The van der Waals surface area contributed by atoms with Gasteiger partial charge in [0.15, 0.2) is 0 Å². The van der Waals surface area contributed by atoms with Crippen molar-refractivity contribution < 1.29 is 9.53 Å². The molecule has 3 atom stereocenters. The van der Waals surface area contributed by atoms with E-state index in [1.807, 2.05) is 25.7 Å². The number of carbonyl (C=O) groups is 1. The number of ether oxygens (including phenoxy) is 1. The highest BCUT2D eigenvalue weighted by Crippen LogP contribution is 2.47. The van der Waals surface area contributed by atoms with Crippen molar-refractivity contribution in [2.45, 2.75) is 98.0 Å². The standard InChI is InChI=1S/C18H34N2O2/c1-16(2,3)14-13-10-12(20(14)17(4,5)6)11-19(13)15(21)22-18(7,8)9/h12-14H,10-11H2,1-9H3. The van der Waals surface area contributed by atoms with Crippen molar-refractivity contribution >= 4 is 6.09 Å². The lowest BCUT2D eigenvalue weighted by molar-refractivity contribution is -0.0482. The summed E-state index contributed by atoms with van der Waals surface area (Å²) in [5.41, 5.74) is -0.176. The fourth-order valence-corrected chi connectivity index (χ4v) is 4.25. The van der Waals surface area contributed by atoms with Gasteiger partial charge in [0.2, 0.25) is 0 Å². The second-order valence-electron chi connectivity index (χ2n) is 9.98. The molecule has 0 aliphatic carbocycles. The van der Waals surface area contributed by atoms with E-state index in [4.69, 9.17) is 4.74 Å². The maximum absolute atomic E-state index is 12.6. The van der Waals surface area contributed by atoms with E-state index in [1.54, 1.807) is 0 Å². The zero-order valence-electron chi connectivity index (χ0n) is 15.9. The van der Waals surface area contributed by atoms with E-state index in [9.17, 15) is 4.79 Å². The number of nitrogens with zero attached hydrogens (tertiary/aromatic N) is 2. The molecule has 2 aliphatic rings. The minimum atomic E-state index is -0.431. The van der Waals surface area contributed by atoms with Crippen LogP contribution in [-0.4, -0.2) is 51.7 Å². The monoisotopic (exact) mass is 310 g/mol. The maximum Gasteiger partial charge on any atom is 0.410 e. The highest BCUT2D eigenvalue weighted by atomic mass is 16.6. The van der Waals surface area contributed by atoms with Crippen LogP contribution in [0.15, 0.2) is 0 Å². The van der Waals surface area contributed by atoms with Gasteiger partial charge >= 0.3 is 6.09 Å². The van der Waals surface area contributed by atoms with Crippen molar-refractivity contribution in [3.63, 3.8) is 0 Å². The van der Waals surface area contributed by atoms with E-state index < -0.39 is 5.60 Å². The zero-order chi connectivity index (χ0) is 17.1. The molecule has 2 fully saturated rings. The summed E-state index contributed by atoms with van der Waals surface area (Å²) in [6, 6.07) is 1.08. The summed E-state index contributed by atoms with van der Waals surface area (Å²) >= 11 is 0. The van der Waals surface area contributed by atoms with Crippen molar-refractivity contribution in [2.24, 2.45) is 5.41 Å². The minimum absolute atomic E-state index is 0.122. The zero-order valence-corrected chi connectivity index (χ0v) is 15.9. The van der Waals surface area contributed by atoms with E-state index in [2.05, 4.69) is 46.4 Å². The molecule has 0 aromatic heterocycles. The Morgan fingerprint density at radius 1 is 1.00 bits per heavy atom. The van der Waals surface area contributed by atoms with Gasteiger partial charge in [-0.3, -0.25) is 4.90 Å². The molecule has 2 rings (SSSR count). The van der Waals surface area contributed by atoms with Gasteiger partial charge in [-0.25, -0.2) is 4.79 Å². The fraction of sp³-hybridized carbons (Fsp3) is 0.944. The average molecular weight is 310 g/mol. The Labute approximate surface area is 136 Å². The first-order valence-corrected chi connectivity index (χ1v) is 8.50. The maximum atomic E-state index is 12.6. The Bertz CT molecular complexity index is 439. The quantitative estimate of drug-likeness (QED) is 0.680. The van der Waals surface area contributed by atoms with Gasteiger partial charge in [-0.05, 0) is 53.4 Å². The van der Waals surface area contributed by atoms with Crippen LogP contribution in [0.1, 0.15) is 68.7 Å². The summed E-state index contributed by atoms with van der Waals surface area (Å²) in [7, 11) is 0. The Kier molecular flexibility index (Phi) is 4.09. The van der Waals surface area contributed by atoms with Crippen LogP contribution in [0, 0.1) is 5.41 Å². The van der Waals surface area contributed by atoms with Crippen LogP contribution in [0.4, 0.5) is 4.79 Å². The molecule has 2 saturated heterocycles. The molecular formula is C18H34N2O2. The van der Waals surface area contributed by atoms with Crippen LogP contribution >= 0.6 is 0 Å². The van der Waals surface area contributed by atoms with E-state index in [0.29, 0.717) is 12.1 Å². The summed E-state index contributed by atoms with van der Waals surface area (Å²) in [6.07, 6.45) is 0.918.